The minimum Gasteiger partial charge on any atom is -0.317 e. The van der Waals surface area contributed by atoms with Crippen LogP contribution < -0.4 is 10.2 Å². The zero-order chi connectivity index (χ0) is 20.4. The van der Waals surface area contributed by atoms with Crippen molar-refractivity contribution in [3.05, 3.63) is 89.8 Å². The summed E-state index contributed by atoms with van der Waals surface area (Å²) in [6.45, 7) is 2.06. The maximum Gasteiger partial charge on any atom is 0.270 e. The number of carbonyl (C=O) groups excluding carboxylic acids is 2. The number of aryl methyl sites for hydroxylation is 1. The fourth-order valence-corrected chi connectivity index (χ4v) is 3.54. The van der Waals surface area contributed by atoms with Gasteiger partial charge in [-0.1, -0.05) is 37.3 Å². The van der Waals surface area contributed by atoms with Crippen LogP contribution in [0.2, 0.25) is 0 Å². The highest BCUT2D eigenvalue weighted by molar-refractivity contribution is 7.80. The Morgan fingerprint density at radius 3 is 2.34 bits per heavy atom. The average molecular weight is 401 g/mol. The number of hydrogen-bond acceptors (Lipinski definition) is 3. The van der Waals surface area contributed by atoms with Gasteiger partial charge in [0, 0.05) is 17.6 Å². The molecule has 29 heavy (non-hydrogen) atoms. The molecule has 0 spiro atoms. The van der Waals surface area contributed by atoms with E-state index in [1.807, 2.05) is 77.5 Å². The Morgan fingerprint density at radius 2 is 1.66 bits per heavy atom. The van der Waals surface area contributed by atoms with Crippen molar-refractivity contribution in [1.82, 2.24) is 9.88 Å². The summed E-state index contributed by atoms with van der Waals surface area (Å²) < 4.78 is 1.92. The van der Waals surface area contributed by atoms with Crippen molar-refractivity contribution in [1.29, 1.82) is 0 Å². The summed E-state index contributed by atoms with van der Waals surface area (Å²) in [5.41, 5.74) is 3.49. The fourth-order valence-electron chi connectivity index (χ4n) is 3.26. The first-order valence-corrected chi connectivity index (χ1v) is 9.72. The van der Waals surface area contributed by atoms with Crippen LogP contribution >= 0.6 is 12.2 Å². The first kappa shape index (κ1) is 18.8. The van der Waals surface area contributed by atoms with Crippen molar-refractivity contribution in [2.24, 2.45) is 0 Å². The predicted octanol–water partition coefficient (Wildman–Crippen LogP) is 3.87. The number of nitrogens with zero attached hydrogens (tertiary/aromatic N) is 2. The van der Waals surface area contributed by atoms with Gasteiger partial charge in [0.1, 0.15) is 5.57 Å². The molecule has 1 aromatic heterocycles. The topological polar surface area (TPSA) is 54.3 Å². The molecule has 3 aromatic rings. The van der Waals surface area contributed by atoms with E-state index in [9.17, 15) is 9.59 Å². The van der Waals surface area contributed by atoms with Gasteiger partial charge in [-0.15, -0.1) is 0 Å². The smallest absolute Gasteiger partial charge is 0.270 e. The Labute approximate surface area is 174 Å². The number of aromatic nitrogens is 1. The lowest BCUT2D eigenvalue weighted by molar-refractivity contribution is -0.122. The second-order valence-corrected chi connectivity index (χ2v) is 7.00. The van der Waals surface area contributed by atoms with Crippen LogP contribution in [-0.2, 0) is 16.0 Å². The molecule has 1 aliphatic rings. The SMILES string of the molecule is CCc1ccc(N2C(=O)C(=Cc3cccn3-c3ccccc3)C(=O)NC2=S)cc1. The summed E-state index contributed by atoms with van der Waals surface area (Å²) in [7, 11) is 0. The summed E-state index contributed by atoms with van der Waals surface area (Å²) in [4.78, 5) is 27.1. The van der Waals surface area contributed by atoms with Gasteiger partial charge >= 0.3 is 0 Å². The molecule has 1 N–H and O–H groups in total. The third kappa shape index (κ3) is 3.62. The lowest BCUT2D eigenvalue weighted by atomic mass is 10.1. The quantitative estimate of drug-likeness (QED) is 0.410. The molecule has 0 bridgehead atoms. The van der Waals surface area contributed by atoms with Crippen LogP contribution in [0.4, 0.5) is 5.69 Å². The normalized spacial score (nSPS) is 15.7. The summed E-state index contributed by atoms with van der Waals surface area (Å²) in [6.07, 6.45) is 4.38. The molecule has 0 saturated carbocycles. The van der Waals surface area contributed by atoms with Crippen LogP contribution in [0.25, 0.3) is 11.8 Å². The maximum atomic E-state index is 13.2. The van der Waals surface area contributed by atoms with Crippen LogP contribution in [0.5, 0.6) is 0 Å². The number of benzene rings is 2. The number of hydrogen-bond donors (Lipinski definition) is 1. The molecule has 4 rings (SSSR count). The van der Waals surface area contributed by atoms with E-state index in [0.29, 0.717) is 5.69 Å². The molecule has 5 nitrogen and oxygen atoms in total. The van der Waals surface area contributed by atoms with Gasteiger partial charge in [-0.25, -0.2) is 0 Å². The zero-order valence-corrected chi connectivity index (χ0v) is 16.6. The Hall–Kier alpha value is -3.51. The third-order valence-corrected chi connectivity index (χ3v) is 5.10. The summed E-state index contributed by atoms with van der Waals surface area (Å²) in [5, 5.41) is 2.71. The number of para-hydroxylation sites is 1. The first-order chi connectivity index (χ1) is 14.1. The van der Waals surface area contributed by atoms with Gasteiger partial charge in [0.15, 0.2) is 5.11 Å². The Balaban J connectivity index is 1.72. The van der Waals surface area contributed by atoms with E-state index >= 15 is 0 Å². The molecule has 0 radical (unpaired) electrons. The predicted molar refractivity (Wildman–Crippen MR) is 118 cm³/mol. The monoisotopic (exact) mass is 401 g/mol. The minimum absolute atomic E-state index is 0.0362. The summed E-state index contributed by atoms with van der Waals surface area (Å²) >= 11 is 5.27. The number of carbonyl (C=O) groups is 2. The van der Waals surface area contributed by atoms with Crippen molar-refractivity contribution in [3.8, 4) is 5.69 Å². The highest BCUT2D eigenvalue weighted by Gasteiger charge is 2.34. The van der Waals surface area contributed by atoms with Crippen molar-refractivity contribution in [3.63, 3.8) is 0 Å². The molecule has 0 aliphatic carbocycles. The van der Waals surface area contributed by atoms with Crippen LogP contribution in [-0.4, -0.2) is 21.5 Å². The first-order valence-electron chi connectivity index (χ1n) is 9.31. The molecule has 0 unspecified atom stereocenters. The van der Waals surface area contributed by atoms with E-state index in [1.165, 1.54) is 4.90 Å². The van der Waals surface area contributed by atoms with Crippen molar-refractivity contribution in [2.75, 3.05) is 4.90 Å². The number of rotatable bonds is 4. The van der Waals surface area contributed by atoms with E-state index in [2.05, 4.69) is 12.2 Å². The summed E-state index contributed by atoms with van der Waals surface area (Å²) in [5.74, 6) is -0.939. The van der Waals surface area contributed by atoms with Gasteiger partial charge in [-0.2, -0.15) is 0 Å². The highest BCUT2D eigenvalue weighted by atomic mass is 32.1. The second-order valence-electron chi connectivity index (χ2n) is 6.62. The lowest BCUT2D eigenvalue weighted by Crippen LogP contribution is -2.54. The zero-order valence-electron chi connectivity index (χ0n) is 15.8. The molecule has 0 atom stereocenters. The van der Waals surface area contributed by atoms with E-state index in [0.717, 1.165) is 23.4 Å². The standard InChI is InChI=1S/C23H19N3O2S/c1-2-16-10-12-18(13-11-16)26-22(28)20(21(27)24-23(26)29)15-19-9-6-14-25(19)17-7-4-3-5-8-17/h3-15H,2H2,1H3,(H,24,27,29). The Bertz CT molecular complexity index is 1110. The molecule has 6 heteroatoms. The Morgan fingerprint density at radius 1 is 0.931 bits per heavy atom. The van der Waals surface area contributed by atoms with Gasteiger partial charge < -0.3 is 4.57 Å². The molecule has 1 fully saturated rings. The van der Waals surface area contributed by atoms with E-state index in [4.69, 9.17) is 12.2 Å². The van der Waals surface area contributed by atoms with Gasteiger partial charge in [0.25, 0.3) is 11.8 Å². The fraction of sp³-hybridized carbons (Fsp3) is 0.0870. The van der Waals surface area contributed by atoms with Crippen LogP contribution in [0.3, 0.4) is 0 Å². The maximum absolute atomic E-state index is 13.2. The van der Waals surface area contributed by atoms with E-state index < -0.39 is 11.8 Å². The van der Waals surface area contributed by atoms with Crippen LogP contribution in [0.15, 0.2) is 78.5 Å². The van der Waals surface area contributed by atoms with Gasteiger partial charge in [0.2, 0.25) is 0 Å². The minimum atomic E-state index is -0.498. The molecule has 2 aromatic carbocycles. The van der Waals surface area contributed by atoms with Gasteiger partial charge in [-0.05, 0) is 66.7 Å². The number of nitrogens with one attached hydrogen (secondary N) is 1. The molecule has 1 aliphatic heterocycles. The molecular formula is C23H19N3O2S. The number of anilines is 1. The second kappa shape index (κ2) is 7.85. The van der Waals surface area contributed by atoms with Gasteiger partial charge in [0.05, 0.1) is 5.69 Å². The van der Waals surface area contributed by atoms with Crippen molar-refractivity contribution in [2.45, 2.75) is 13.3 Å². The van der Waals surface area contributed by atoms with E-state index in [-0.39, 0.29) is 10.7 Å². The van der Waals surface area contributed by atoms with Crippen LogP contribution in [0.1, 0.15) is 18.2 Å². The lowest BCUT2D eigenvalue weighted by Gasteiger charge is -2.29. The third-order valence-electron chi connectivity index (χ3n) is 4.81. The Kier molecular flexibility index (Phi) is 5.10. The molecule has 1 saturated heterocycles. The van der Waals surface area contributed by atoms with Crippen LogP contribution in [0, 0.1) is 0 Å². The van der Waals surface area contributed by atoms with Crippen molar-refractivity contribution < 1.29 is 9.59 Å². The molecule has 144 valence electrons. The number of thiocarbonyl (C=S) groups is 1. The van der Waals surface area contributed by atoms with E-state index in [1.54, 1.807) is 6.08 Å². The highest BCUT2D eigenvalue weighted by Crippen LogP contribution is 2.23. The average Bonchev–Trinajstić information content (AvgIpc) is 3.20. The summed E-state index contributed by atoms with van der Waals surface area (Å²) in [6, 6.07) is 21.0. The van der Waals surface area contributed by atoms with Gasteiger partial charge in [-0.3, -0.25) is 19.8 Å². The van der Waals surface area contributed by atoms with Crippen molar-refractivity contribution >= 4 is 40.9 Å². The molecule has 2 amide bonds. The largest absolute Gasteiger partial charge is 0.317 e. The molecule has 2 heterocycles. The molecular weight excluding hydrogens is 382 g/mol. The number of amides is 2.